The molecule has 0 spiro atoms. The summed E-state index contributed by atoms with van der Waals surface area (Å²) in [4.78, 5) is 14.0. The van der Waals surface area contributed by atoms with E-state index in [1.807, 2.05) is 0 Å². The number of anilines is 1. The summed E-state index contributed by atoms with van der Waals surface area (Å²) in [7, 11) is 0. The number of nitrogens with one attached hydrogen (secondary N) is 2. The van der Waals surface area contributed by atoms with E-state index in [0.29, 0.717) is 25.3 Å². The van der Waals surface area contributed by atoms with E-state index in [0.717, 1.165) is 13.1 Å². The molecular formula is C16H24FN3O3. The first-order chi connectivity index (χ1) is 10.9. The Morgan fingerprint density at radius 1 is 1.43 bits per heavy atom. The Morgan fingerprint density at radius 2 is 2.13 bits per heavy atom. The van der Waals surface area contributed by atoms with Crippen LogP contribution < -0.4 is 10.6 Å². The first-order valence-corrected chi connectivity index (χ1v) is 7.70. The van der Waals surface area contributed by atoms with Gasteiger partial charge >= 0.3 is 6.03 Å². The Bertz CT molecular complexity index is 525. The molecule has 0 saturated carbocycles. The first kappa shape index (κ1) is 17.7. The smallest absolute Gasteiger partial charge is 0.319 e. The summed E-state index contributed by atoms with van der Waals surface area (Å²) in [6.07, 6.45) is 0. The highest BCUT2D eigenvalue weighted by atomic mass is 19.1. The van der Waals surface area contributed by atoms with Crippen LogP contribution in [0, 0.1) is 12.7 Å². The molecule has 6 nitrogen and oxygen atoms in total. The molecule has 3 N–H and O–H groups in total. The zero-order valence-corrected chi connectivity index (χ0v) is 13.6. The number of morpholine rings is 1. The van der Waals surface area contributed by atoms with E-state index >= 15 is 0 Å². The largest absolute Gasteiger partial charge is 0.387 e. The molecule has 1 aromatic rings. The lowest BCUT2D eigenvalue weighted by Gasteiger charge is -2.33. The normalized spacial score (nSPS) is 18.3. The van der Waals surface area contributed by atoms with E-state index in [1.54, 1.807) is 26.0 Å². The van der Waals surface area contributed by atoms with E-state index < -0.39 is 17.4 Å². The number of rotatable bonds is 5. The minimum atomic E-state index is -1.07. The van der Waals surface area contributed by atoms with Crippen LogP contribution in [0.25, 0.3) is 0 Å². The molecule has 0 bridgehead atoms. The van der Waals surface area contributed by atoms with Crippen LogP contribution in [0.2, 0.25) is 0 Å². The van der Waals surface area contributed by atoms with Gasteiger partial charge in [0.05, 0.1) is 24.5 Å². The zero-order chi connectivity index (χ0) is 16.9. The maximum absolute atomic E-state index is 13.7. The number of halogens is 1. The van der Waals surface area contributed by atoms with Crippen molar-refractivity contribution >= 4 is 11.7 Å². The van der Waals surface area contributed by atoms with E-state index in [-0.39, 0.29) is 12.2 Å². The van der Waals surface area contributed by atoms with Crippen LogP contribution in [0.3, 0.4) is 0 Å². The first-order valence-electron chi connectivity index (χ1n) is 7.70. The average Bonchev–Trinajstić information content (AvgIpc) is 2.50. The van der Waals surface area contributed by atoms with Crippen LogP contribution in [0.15, 0.2) is 18.2 Å². The van der Waals surface area contributed by atoms with Gasteiger partial charge in [-0.2, -0.15) is 0 Å². The molecule has 128 valence electrons. The highest BCUT2D eigenvalue weighted by Crippen LogP contribution is 2.18. The predicted molar refractivity (Wildman–Crippen MR) is 86.0 cm³/mol. The van der Waals surface area contributed by atoms with E-state index in [2.05, 4.69) is 15.5 Å². The van der Waals surface area contributed by atoms with Crippen LogP contribution in [0.1, 0.15) is 12.5 Å². The number of carbonyl (C=O) groups excluding carboxylic acids is 1. The molecule has 1 heterocycles. The summed E-state index contributed by atoms with van der Waals surface area (Å²) in [5, 5.41) is 15.5. The number of ether oxygens (including phenoxy) is 1. The number of hydrogen-bond donors (Lipinski definition) is 3. The fraction of sp³-hybridized carbons (Fsp3) is 0.562. The number of benzene rings is 1. The summed E-state index contributed by atoms with van der Waals surface area (Å²) in [6.45, 7) is 6.71. The molecule has 0 radical (unpaired) electrons. The third kappa shape index (κ3) is 5.46. The minimum absolute atomic E-state index is 0.0731. The van der Waals surface area contributed by atoms with Gasteiger partial charge in [-0.25, -0.2) is 9.18 Å². The van der Waals surface area contributed by atoms with Crippen LogP contribution in [-0.4, -0.2) is 61.0 Å². The van der Waals surface area contributed by atoms with Crippen molar-refractivity contribution in [1.82, 2.24) is 10.2 Å². The Hall–Kier alpha value is -1.70. The number of para-hydroxylation sites is 1. The monoisotopic (exact) mass is 325 g/mol. The summed E-state index contributed by atoms with van der Waals surface area (Å²) < 4.78 is 18.9. The number of amides is 2. The molecule has 1 aliphatic heterocycles. The van der Waals surface area contributed by atoms with Gasteiger partial charge in [0.2, 0.25) is 0 Å². The molecule has 2 amide bonds. The fourth-order valence-electron chi connectivity index (χ4n) is 2.52. The lowest BCUT2D eigenvalue weighted by molar-refractivity contribution is -0.0205. The van der Waals surface area contributed by atoms with Gasteiger partial charge in [-0.15, -0.1) is 0 Å². The number of carbonyl (C=O) groups is 1. The Labute approximate surface area is 135 Å². The molecule has 1 aliphatic rings. The van der Waals surface area contributed by atoms with Crippen molar-refractivity contribution in [3.8, 4) is 0 Å². The summed E-state index contributed by atoms with van der Waals surface area (Å²) >= 11 is 0. The van der Waals surface area contributed by atoms with Crippen molar-refractivity contribution in [3.63, 3.8) is 0 Å². The molecule has 0 aromatic heterocycles. The van der Waals surface area contributed by atoms with E-state index in [1.165, 1.54) is 6.07 Å². The molecule has 1 saturated heterocycles. The topological polar surface area (TPSA) is 73.8 Å². The Morgan fingerprint density at radius 3 is 2.78 bits per heavy atom. The van der Waals surface area contributed by atoms with Gasteiger partial charge < -0.3 is 20.5 Å². The predicted octanol–water partition coefficient (Wildman–Crippen LogP) is 1.34. The maximum atomic E-state index is 13.7. The molecule has 1 aromatic carbocycles. The second-order valence-electron chi connectivity index (χ2n) is 6.12. The number of aryl methyl sites for hydroxylation is 1. The number of aliphatic hydroxyl groups is 1. The van der Waals surface area contributed by atoms with Crippen LogP contribution >= 0.6 is 0 Å². The van der Waals surface area contributed by atoms with Crippen LogP contribution in [0.4, 0.5) is 14.9 Å². The molecule has 0 unspecified atom stereocenters. The molecule has 1 fully saturated rings. The second-order valence-corrected chi connectivity index (χ2v) is 6.12. The van der Waals surface area contributed by atoms with Gasteiger partial charge in [0.25, 0.3) is 0 Å². The summed E-state index contributed by atoms with van der Waals surface area (Å²) in [5.41, 5.74) is -0.281. The number of β-amino-alcohol motifs (C(OH)–C–C–N with tert-alkyl or cyclic N) is 1. The van der Waals surface area contributed by atoms with Crippen molar-refractivity contribution in [2.24, 2.45) is 0 Å². The summed E-state index contributed by atoms with van der Waals surface area (Å²) in [5.74, 6) is -0.486. The van der Waals surface area contributed by atoms with Gasteiger partial charge in [-0.3, -0.25) is 4.90 Å². The number of nitrogens with zero attached hydrogens (tertiary/aromatic N) is 1. The van der Waals surface area contributed by atoms with E-state index in [9.17, 15) is 14.3 Å². The van der Waals surface area contributed by atoms with Crippen LogP contribution in [-0.2, 0) is 4.74 Å². The molecular weight excluding hydrogens is 301 g/mol. The fourth-order valence-corrected chi connectivity index (χ4v) is 2.52. The average molecular weight is 325 g/mol. The highest BCUT2D eigenvalue weighted by molar-refractivity contribution is 5.90. The maximum Gasteiger partial charge on any atom is 0.319 e. The van der Waals surface area contributed by atoms with Crippen molar-refractivity contribution in [2.45, 2.75) is 19.4 Å². The minimum Gasteiger partial charge on any atom is -0.387 e. The standard InChI is InChI=1S/C16H24FN3O3/c1-12-4-3-5-13(17)14(12)19-15(21)18-10-16(2,22)11-20-6-8-23-9-7-20/h3-5,22H,6-11H2,1-2H3,(H2,18,19,21)/t16-/m1/s1. The zero-order valence-electron chi connectivity index (χ0n) is 13.6. The SMILES string of the molecule is Cc1cccc(F)c1NC(=O)NC[C@@](C)(O)CN1CCOCC1. The number of hydrogen-bond acceptors (Lipinski definition) is 4. The highest BCUT2D eigenvalue weighted by Gasteiger charge is 2.26. The lowest BCUT2D eigenvalue weighted by Crippen LogP contribution is -2.51. The van der Waals surface area contributed by atoms with Crippen molar-refractivity contribution in [2.75, 3.05) is 44.7 Å². The molecule has 7 heteroatoms. The van der Waals surface area contributed by atoms with Gasteiger partial charge in [-0.1, -0.05) is 12.1 Å². The van der Waals surface area contributed by atoms with Gasteiger partial charge in [-0.05, 0) is 25.5 Å². The van der Waals surface area contributed by atoms with Gasteiger partial charge in [0.1, 0.15) is 5.82 Å². The molecule has 0 aliphatic carbocycles. The Balaban J connectivity index is 1.83. The van der Waals surface area contributed by atoms with E-state index in [4.69, 9.17) is 4.74 Å². The molecule has 1 atom stereocenters. The molecule has 2 rings (SSSR count). The summed E-state index contributed by atoms with van der Waals surface area (Å²) in [6, 6.07) is 4.05. The van der Waals surface area contributed by atoms with Gasteiger partial charge in [0, 0.05) is 26.2 Å². The second kappa shape index (κ2) is 7.72. The third-order valence-corrected chi connectivity index (χ3v) is 3.76. The lowest BCUT2D eigenvalue weighted by atomic mass is 10.1. The Kier molecular flexibility index (Phi) is 5.92. The van der Waals surface area contributed by atoms with Crippen LogP contribution in [0.5, 0.6) is 0 Å². The third-order valence-electron chi connectivity index (χ3n) is 3.76. The number of urea groups is 1. The van der Waals surface area contributed by atoms with Crippen molar-refractivity contribution in [3.05, 3.63) is 29.6 Å². The molecule has 23 heavy (non-hydrogen) atoms. The van der Waals surface area contributed by atoms with Gasteiger partial charge in [0.15, 0.2) is 0 Å². The van der Waals surface area contributed by atoms with Crippen molar-refractivity contribution in [1.29, 1.82) is 0 Å². The van der Waals surface area contributed by atoms with Crippen molar-refractivity contribution < 1.29 is 19.0 Å². The quantitative estimate of drug-likeness (QED) is 0.764.